The van der Waals surface area contributed by atoms with Gasteiger partial charge in [-0.3, -0.25) is 0 Å². The van der Waals surface area contributed by atoms with Gasteiger partial charge < -0.3 is 4.74 Å². The van der Waals surface area contributed by atoms with Crippen molar-refractivity contribution in [1.29, 1.82) is 0 Å². The van der Waals surface area contributed by atoms with Gasteiger partial charge in [0.2, 0.25) is 0 Å². The molecule has 2 rings (SSSR count). The summed E-state index contributed by atoms with van der Waals surface area (Å²) in [5.41, 5.74) is 4.18. The van der Waals surface area contributed by atoms with Gasteiger partial charge in [0, 0.05) is 0 Å². The van der Waals surface area contributed by atoms with E-state index in [0.717, 1.165) is 13.0 Å². The van der Waals surface area contributed by atoms with Crippen LogP contribution in [0.15, 0.2) is 18.2 Å². The summed E-state index contributed by atoms with van der Waals surface area (Å²) in [5, 5.41) is 0. The van der Waals surface area contributed by atoms with Crippen LogP contribution in [0.2, 0.25) is 0 Å². The maximum Gasteiger partial charge on any atom is 0.0723 e. The number of hydrogen-bond acceptors (Lipinski definition) is 1. The zero-order chi connectivity index (χ0) is 8.55. The molecule has 0 saturated carbocycles. The van der Waals surface area contributed by atoms with E-state index in [1.54, 1.807) is 0 Å². The van der Waals surface area contributed by atoms with E-state index in [1.165, 1.54) is 16.7 Å². The molecule has 1 nitrogen and oxygen atoms in total. The van der Waals surface area contributed by atoms with E-state index in [1.807, 2.05) is 0 Å². The Balaban J connectivity index is 2.37. The first-order valence-corrected chi connectivity index (χ1v) is 4.46. The molecule has 0 saturated heterocycles. The highest BCUT2D eigenvalue weighted by Crippen LogP contribution is 2.21. The summed E-state index contributed by atoms with van der Waals surface area (Å²) < 4.78 is 5.54. The van der Waals surface area contributed by atoms with Gasteiger partial charge in [0.25, 0.3) is 0 Å². The van der Waals surface area contributed by atoms with Crippen LogP contribution in [-0.4, -0.2) is 6.10 Å². The van der Waals surface area contributed by atoms with Gasteiger partial charge >= 0.3 is 0 Å². The predicted molar refractivity (Wildman–Crippen MR) is 49.1 cm³/mol. The van der Waals surface area contributed by atoms with E-state index in [4.69, 9.17) is 4.74 Å². The molecule has 0 aliphatic carbocycles. The fraction of sp³-hybridized carbons (Fsp3) is 0.455. The second-order valence-electron chi connectivity index (χ2n) is 3.60. The molecule has 0 N–H and O–H groups in total. The molecular formula is C11H14O. The fourth-order valence-electron chi connectivity index (χ4n) is 1.69. The molecule has 0 fully saturated rings. The Morgan fingerprint density at radius 3 is 3.00 bits per heavy atom. The monoisotopic (exact) mass is 162 g/mol. The topological polar surface area (TPSA) is 9.23 Å². The Labute approximate surface area is 73.4 Å². The van der Waals surface area contributed by atoms with Crippen molar-refractivity contribution < 1.29 is 4.74 Å². The third kappa shape index (κ3) is 1.37. The van der Waals surface area contributed by atoms with Gasteiger partial charge in [-0.05, 0) is 31.4 Å². The molecule has 1 heteroatoms. The van der Waals surface area contributed by atoms with Crippen molar-refractivity contribution in [2.75, 3.05) is 0 Å². The first-order valence-electron chi connectivity index (χ1n) is 4.46. The molecule has 1 atom stereocenters. The standard InChI is InChI=1S/C11H14O/c1-8-3-4-10-7-12-9(2)6-11(10)5-8/h3-5,9H,6-7H2,1-2H3. The Morgan fingerprint density at radius 1 is 1.33 bits per heavy atom. The van der Waals surface area contributed by atoms with Crippen LogP contribution in [0.1, 0.15) is 23.6 Å². The summed E-state index contributed by atoms with van der Waals surface area (Å²) in [6.45, 7) is 5.06. The lowest BCUT2D eigenvalue weighted by atomic mass is 9.98. The maximum atomic E-state index is 5.54. The minimum absolute atomic E-state index is 0.388. The van der Waals surface area contributed by atoms with E-state index in [2.05, 4.69) is 32.0 Å². The minimum atomic E-state index is 0.388. The SMILES string of the molecule is Cc1ccc2c(c1)CC(C)OC2. The molecule has 1 aliphatic heterocycles. The van der Waals surface area contributed by atoms with Crippen molar-refractivity contribution >= 4 is 0 Å². The zero-order valence-electron chi connectivity index (χ0n) is 7.63. The van der Waals surface area contributed by atoms with Gasteiger partial charge in [-0.15, -0.1) is 0 Å². The lowest BCUT2D eigenvalue weighted by Gasteiger charge is -2.22. The molecule has 1 aliphatic rings. The van der Waals surface area contributed by atoms with Crippen LogP contribution in [-0.2, 0) is 17.8 Å². The van der Waals surface area contributed by atoms with Gasteiger partial charge in [-0.1, -0.05) is 23.8 Å². The Morgan fingerprint density at radius 2 is 2.17 bits per heavy atom. The van der Waals surface area contributed by atoms with Crippen LogP contribution in [0.4, 0.5) is 0 Å². The van der Waals surface area contributed by atoms with E-state index in [0.29, 0.717) is 6.10 Å². The Bertz CT molecular complexity index is 291. The molecule has 1 heterocycles. The van der Waals surface area contributed by atoms with E-state index in [9.17, 15) is 0 Å². The number of rotatable bonds is 0. The number of ether oxygens (including phenoxy) is 1. The van der Waals surface area contributed by atoms with Gasteiger partial charge in [0.05, 0.1) is 12.7 Å². The molecule has 1 aromatic carbocycles. The van der Waals surface area contributed by atoms with Crippen molar-refractivity contribution in [2.24, 2.45) is 0 Å². The molecule has 0 spiro atoms. The summed E-state index contributed by atoms with van der Waals surface area (Å²) in [6.07, 6.45) is 1.45. The first kappa shape index (κ1) is 7.81. The number of fused-ring (bicyclic) bond motifs is 1. The summed E-state index contributed by atoms with van der Waals surface area (Å²) in [4.78, 5) is 0. The minimum Gasteiger partial charge on any atom is -0.373 e. The molecule has 64 valence electrons. The summed E-state index contributed by atoms with van der Waals surface area (Å²) in [6, 6.07) is 6.60. The van der Waals surface area contributed by atoms with Crippen molar-refractivity contribution in [3.63, 3.8) is 0 Å². The summed E-state index contributed by atoms with van der Waals surface area (Å²) in [7, 11) is 0. The van der Waals surface area contributed by atoms with E-state index in [-0.39, 0.29) is 0 Å². The van der Waals surface area contributed by atoms with Gasteiger partial charge in [-0.25, -0.2) is 0 Å². The second kappa shape index (κ2) is 2.91. The average molecular weight is 162 g/mol. The highest BCUT2D eigenvalue weighted by atomic mass is 16.5. The van der Waals surface area contributed by atoms with Crippen molar-refractivity contribution in [3.05, 3.63) is 34.9 Å². The second-order valence-corrected chi connectivity index (χ2v) is 3.60. The van der Waals surface area contributed by atoms with E-state index < -0.39 is 0 Å². The lowest BCUT2D eigenvalue weighted by Crippen LogP contribution is -2.18. The molecule has 12 heavy (non-hydrogen) atoms. The van der Waals surface area contributed by atoms with Crippen molar-refractivity contribution in [1.82, 2.24) is 0 Å². The van der Waals surface area contributed by atoms with Gasteiger partial charge in [0.15, 0.2) is 0 Å². The largest absolute Gasteiger partial charge is 0.373 e. The van der Waals surface area contributed by atoms with Crippen LogP contribution < -0.4 is 0 Å². The highest BCUT2D eigenvalue weighted by Gasteiger charge is 2.14. The highest BCUT2D eigenvalue weighted by molar-refractivity contribution is 5.32. The summed E-state index contributed by atoms with van der Waals surface area (Å²) in [5.74, 6) is 0. The van der Waals surface area contributed by atoms with Crippen LogP contribution in [0.3, 0.4) is 0 Å². The number of aryl methyl sites for hydroxylation is 1. The zero-order valence-corrected chi connectivity index (χ0v) is 7.63. The van der Waals surface area contributed by atoms with Gasteiger partial charge in [-0.2, -0.15) is 0 Å². The molecule has 0 aromatic heterocycles. The van der Waals surface area contributed by atoms with Crippen LogP contribution in [0.25, 0.3) is 0 Å². The molecule has 1 aromatic rings. The van der Waals surface area contributed by atoms with Crippen LogP contribution in [0.5, 0.6) is 0 Å². The Kier molecular flexibility index (Phi) is 1.89. The predicted octanol–water partition coefficient (Wildman–Crippen LogP) is 2.46. The number of hydrogen-bond donors (Lipinski definition) is 0. The molecule has 1 unspecified atom stereocenters. The van der Waals surface area contributed by atoms with Crippen LogP contribution in [0, 0.1) is 6.92 Å². The average Bonchev–Trinajstić information content (AvgIpc) is 2.03. The van der Waals surface area contributed by atoms with Crippen LogP contribution >= 0.6 is 0 Å². The quantitative estimate of drug-likeness (QED) is 0.569. The molecule has 0 amide bonds. The normalized spacial score (nSPS) is 22.0. The van der Waals surface area contributed by atoms with E-state index >= 15 is 0 Å². The molecular weight excluding hydrogens is 148 g/mol. The Hall–Kier alpha value is -0.820. The molecule has 0 radical (unpaired) electrons. The van der Waals surface area contributed by atoms with Gasteiger partial charge in [0.1, 0.15) is 0 Å². The third-order valence-corrected chi connectivity index (χ3v) is 2.39. The summed E-state index contributed by atoms with van der Waals surface area (Å²) >= 11 is 0. The van der Waals surface area contributed by atoms with Crippen molar-refractivity contribution in [2.45, 2.75) is 33.0 Å². The third-order valence-electron chi connectivity index (χ3n) is 2.39. The van der Waals surface area contributed by atoms with Crippen molar-refractivity contribution in [3.8, 4) is 0 Å². The fourth-order valence-corrected chi connectivity index (χ4v) is 1.69. The maximum absolute atomic E-state index is 5.54. The smallest absolute Gasteiger partial charge is 0.0723 e. The number of benzene rings is 1. The first-order chi connectivity index (χ1) is 5.75. The molecule has 0 bridgehead atoms. The lowest BCUT2D eigenvalue weighted by molar-refractivity contribution is 0.0410.